The molecule has 7 heteroatoms. The van der Waals surface area contributed by atoms with Crippen molar-refractivity contribution in [1.82, 2.24) is 9.80 Å². The lowest BCUT2D eigenvalue weighted by atomic mass is 10.1. The Morgan fingerprint density at radius 3 is 2.58 bits per heavy atom. The first-order valence-electron chi connectivity index (χ1n) is 10.8. The highest BCUT2D eigenvalue weighted by Crippen LogP contribution is 2.27. The van der Waals surface area contributed by atoms with E-state index in [1.165, 1.54) is 5.69 Å². The third kappa shape index (κ3) is 5.02. The van der Waals surface area contributed by atoms with Gasteiger partial charge in [0.2, 0.25) is 11.8 Å². The number of nitrogens with zero attached hydrogens (tertiary/aromatic N) is 3. The average Bonchev–Trinajstić information content (AvgIpc) is 3.12. The normalized spacial score (nSPS) is 19.7. The zero-order valence-electron chi connectivity index (χ0n) is 18.1. The zero-order chi connectivity index (χ0) is 22.0. The fourth-order valence-electron chi connectivity index (χ4n) is 4.22. The summed E-state index contributed by atoms with van der Waals surface area (Å²) in [5.74, 6) is -0.473. The fraction of sp³-hybridized carbons (Fsp3) is 0.417. The Morgan fingerprint density at radius 2 is 1.87 bits per heavy atom. The molecule has 2 heterocycles. The summed E-state index contributed by atoms with van der Waals surface area (Å²) in [6.07, 6.45) is 0.231. The molecule has 1 N–H and O–H groups in total. The van der Waals surface area contributed by atoms with Crippen LogP contribution in [0.25, 0.3) is 0 Å². The summed E-state index contributed by atoms with van der Waals surface area (Å²) in [5.41, 5.74) is 3.92. The standard InChI is InChI=1S/C24H29ClN4O2/c1-17-13-20(28-11-9-27(2)10-12-28)7-8-22(17)26-24(31)19-14-23(30)29(16-19)15-18-5-3-4-6-21(18)25/h3-8,13,19H,9-12,14-16H2,1-2H3,(H,26,31)/t19-/m1/s1. The molecule has 0 spiro atoms. The number of nitrogens with one attached hydrogen (secondary N) is 1. The van der Waals surface area contributed by atoms with E-state index in [1.807, 2.05) is 37.3 Å². The van der Waals surface area contributed by atoms with Gasteiger partial charge in [-0.2, -0.15) is 0 Å². The smallest absolute Gasteiger partial charge is 0.229 e. The van der Waals surface area contributed by atoms with Crippen LogP contribution in [0.5, 0.6) is 0 Å². The third-order valence-corrected chi connectivity index (χ3v) is 6.61. The van der Waals surface area contributed by atoms with Crippen LogP contribution in [0.2, 0.25) is 5.02 Å². The van der Waals surface area contributed by atoms with Gasteiger partial charge in [-0.1, -0.05) is 29.8 Å². The lowest BCUT2D eigenvalue weighted by Gasteiger charge is -2.34. The molecule has 164 valence electrons. The van der Waals surface area contributed by atoms with E-state index in [0.29, 0.717) is 18.1 Å². The first kappa shape index (κ1) is 21.7. The van der Waals surface area contributed by atoms with Gasteiger partial charge >= 0.3 is 0 Å². The van der Waals surface area contributed by atoms with Gasteiger partial charge in [-0.25, -0.2) is 0 Å². The van der Waals surface area contributed by atoms with Crippen molar-refractivity contribution in [2.45, 2.75) is 19.9 Å². The first-order chi connectivity index (χ1) is 14.9. The van der Waals surface area contributed by atoms with Crippen molar-refractivity contribution >= 4 is 34.8 Å². The second-order valence-corrected chi connectivity index (χ2v) is 8.95. The highest BCUT2D eigenvalue weighted by molar-refractivity contribution is 6.31. The Balaban J connectivity index is 1.37. The van der Waals surface area contributed by atoms with E-state index < -0.39 is 0 Å². The minimum atomic E-state index is -0.355. The van der Waals surface area contributed by atoms with Gasteiger partial charge in [0.05, 0.1) is 5.92 Å². The van der Waals surface area contributed by atoms with Gasteiger partial charge in [-0.05, 0) is 49.4 Å². The number of likely N-dealkylation sites (tertiary alicyclic amines) is 1. The van der Waals surface area contributed by atoms with Crippen LogP contribution in [0, 0.1) is 12.8 Å². The molecule has 2 saturated heterocycles. The highest BCUT2D eigenvalue weighted by Gasteiger charge is 2.34. The van der Waals surface area contributed by atoms with Crippen molar-refractivity contribution < 1.29 is 9.59 Å². The number of hydrogen-bond donors (Lipinski definition) is 1. The molecular formula is C24H29ClN4O2. The summed E-state index contributed by atoms with van der Waals surface area (Å²) < 4.78 is 0. The van der Waals surface area contributed by atoms with Crippen LogP contribution in [0.3, 0.4) is 0 Å². The molecule has 2 aliphatic heterocycles. The van der Waals surface area contributed by atoms with Crippen molar-refractivity contribution in [1.29, 1.82) is 0 Å². The maximum atomic E-state index is 12.9. The number of aryl methyl sites for hydroxylation is 1. The Bertz CT molecular complexity index is 972. The molecule has 2 fully saturated rings. The number of carbonyl (C=O) groups excluding carboxylic acids is 2. The van der Waals surface area contributed by atoms with Crippen LogP contribution in [-0.4, -0.2) is 61.4 Å². The van der Waals surface area contributed by atoms with Gasteiger partial charge in [0.25, 0.3) is 0 Å². The molecule has 1 atom stereocenters. The molecule has 0 radical (unpaired) electrons. The van der Waals surface area contributed by atoms with E-state index in [9.17, 15) is 9.59 Å². The van der Waals surface area contributed by atoms with Crippen LogP contribution in [-0.2, 0) is 16.1 Å². The van der Waals surface area contributed by atoms with Crippen LogP contribution >= 0.6 is 11.6 Å². The van der Waals surface area contributed by atoms with E-state index in [1.54, 1.807) is 4.90 Å². The van der Waals surface area contributed by atoms with Crippen molar-refractivity contribution in [3.05, 3.63) is 58.6 Å². The monoisotopic (exact) mass is 440 g/mol. The summed E-state index contributed by atoms with van der Waals surface area (Å²) in [6.45, 7) is 6.98. The Labute approximate surface area is 188 Å². The van der Waals surface area contributed by atoms with Crippen molar-refractivity contribution in [3.63, 3.8) is 0 Å². The molecule has 0 aromatic heterocycles. The predicted octanol–water partition coefficient (Wildman–Crippen LogP) is 3.39. The number of halogens is 1. The summed E-state index contributed by atoms with van der Waals surface area (Å²) in [6, 6.07) is 13.7. The number of carbonyl (C=O) groups is 2. The lowest BCUT2D eigenvalue weighted by Crippen LogP contribution is -2.44. The van der Waals surface area contributed by atoms with Crippen molar-refractivity contribution in [3.8, 4) is 0 Å². The first-order valence-corrected chi connectivity index (χ1v) is 11.1. The number of amides is 2. The number of likely N-dealkylation sites (N-methyl/N-ethyl adjacent to an activating group) is 1. The van der Waals surface area contributed by atoms with Gasteiger partial charge in [-0.3, -0.25) is 9.59 Å². The summed E-state index contributed by atoms with van der Waals surface area (Å²) in [5, 5.41) is 3.67. The largest absolute Gasteiger partial charge is 0.369 e. The van der Waals surface area contributed by atoms with Crippen molar-refractivity contribution in [2.75, 3.05) is 50.0 Å². The maximum Gasteiger partial charge on any atom is 0.229 e. The SMILES string of the molecule is Cc1cc(N2CCN(C)CC2)ccc1NC(=O)[C@@H]1CC(=O)N(Cc2ccccc2Cl)C1. The summed E-state index contributed by atoms with van der Waals surface area (Å²) in [7, 11) is 2.14. The molecule has 0 bridgehead atoms. The van der Waals surface area contributed by atoms with Crippen LogP contribution in [0.15, 0.2) is 42.5 Å². The molecule has 0 aliphatic carbocycles. The number of rotatable bonds is 5. The van der Waals surface area contributed by atoms with Crippen LogP contribution in [0.1, 0.15) is 17.5 Å². The van der Waals surface area contributed by atoms with Gasteiger partial charge in [-0.15, -0.1) is 0 Å². The van der Waals surface area contributed by atoms with Crippen molar-refractivity contribution in [2.24, 2.45) is 5.92 Å². The molecule has 2 amide bonds. The molecule has 2 aromatic rings. The number of benzene rings is 2. The Morgan fingerprint density at radius 1 is 1.13 bits per heavy atom. The molecule has 0 saturated carbocycles. The fourth-order valence-corrected chi connectivity index (χ4v) is 4.41. The molecule has 31 heavy (non-hydrogen) atoms. The predicted molar refractivity (Wildman–Crippen MR) is 124 cm³/mol. The molecule has 6 nitrogen and oxygen atoms in total. The Kier molecular flexibility index (Phi) is 6.49. The molecule has 4 rings (SSSR count). The molecule has 2 aliphatic rings. The minimum absolute atomic E-state index is 0.0118. The summed E-state index contributed by atoms with van der Waals surface area (Å²) >= 11 is 6.23. The quantitative estimate of drug-likeness (QED) is 0.774. The Hall–Kier alpha value is -2.57. The van der Waals surface area contributed by atoms with E-state index in [-0.39, 0.29) is 24.2 Å². The van der Waals surface area contributed by atoms with Crippen LogP contribution < -0.4 is 10.2 Å². The van der Waals surface area contributed by atoms with E-state index in [2.05, 4.69) is 34.3 Å². The maximum absolute atomic E-state index is 12.9. The van der Waals surface area contributed by atoms with Gasteiger partial charge in [0.1, 0.15) is 0 Å². The number of hydrogen-bond acceptors (Lipinski definition) is 4. The molecule has 0 unspecified atom stereocenters. The van der Waals surface area contributed by atoms with Gasteiger partial charge in [0, 0.05) is 62.1 Å². The third-order valence-electron chi connectivity index (χ3n) is 6.24. The second-order valence-electron chi connectivity index (χ2n) is 8.55. The van der Waals surface area contributed by atoms with Crippen LogP contribution in [0.4, 0.5) is 11.4 Å². The van der Waals surface area contributed by atoms with E-state index in [4.69, 9.17) is 11.6 Å². The van der Waals surface area contributed by atoms with Gasteiger partial charge in [0.15, 0.2) is 0 Å². The van der Waals surface area contributed by atoms with Gasteiger partial charge < -0.3 is 20.0 Å². The van der Waals surface area contributed by atoms with E-state index >= 15 is 0 Å². The summed E-state index contributed by atoms with van der Waals surface area (Å²) in [4.78, 5) is 31.8. The van der Waals surface area contributed by atoms with E-state index in [0.717, 1.165) is 43.0 Å². The molecular weight excluding hydrogens is 412 g/mol. The lowest BCUT2D eigenvalue weighted by molar-refractivity contribution is -0.128. The minimum Gasteiger partial charge on any atom is -0.369 e. The number of anilines is 2. The topological polar surface area (TPSA) is 55.9 Å². The number of piperazine rings is 1. The average molecular weight is 441 g/mol. The second kappa shape index (κ2) is 9.28. The molecule has 2 aromatic carbocycles. The zero-order valence-corrected chi connectivity index (χ0v) is 18.9. The highest BCUT2D eigenvalue weighted by atomic mass is 35.5.